The van der Waals surface area contributed by atoms with E-state index in [1.54, 1.807) is 0 Å². The van der Waals surface area contributed by atoms with E-state index in [0.29, 0.717) is 0 Å². The number of hydrogen-bond acceptors (Lipinski definition) is 5. The molecule has 0 aromatic rings. The van der Waals surface area contributed by atoms with Gasteiger partial charge in [0, 0.05) is 7.11 Å². The minimum absolute atomic E-state index is 0.261. The lowest BCUT2D eigenvalue weighted by Crippen LogP contribution is -2.54. The van der Waals surface area contributed by atoms with Crippen LogP contribution in [-0.2, 0) is 9.47 Å². The van der Waals surface area contributed by atoms with Gasteiger partial charge in [-0.3, -0.25) is 0 Å². The maximum absolute atomic E-state index is 9.39. The van der Waals surface area contributed by atoms with Crippen molar-refractivity contribution in [1.82, 2.24) is 0 Å². The van der Waals surface area contributed by atoms with Crippen molar-refractivity contribution in [2.75, 3.05) is 7.11 Å². The monoisotopic (exact) mass is 176 g/mol. The summed E-state index contributed by atoms with van der Waals surface area (Å²) in [5, 5.41) is 28.0. The standard InChI is InChI=1S/C7H12O5/c1-11-5-3(9)2(8)4(10)6-7(5)12-6/h2-10H,1H3/t2-,3+,4+,5-,6+,7-/m1/s1. The van der Waals surface area contributed by atoms with E-state index in [1.165, 1.54) is 7.11 Å². The average Bonchev–Trinajstić information content (AvgIpc) is 2.81. The summed E-state index contributed by atoms with van der Waals surface area (Å²) >= 11 is 0. The highest BCUT2D eigenvalue weighted by molar-refractivity contribution is 5.08. The van der Waals surface area contributed by atoms with E-state index in [4.69, 9.17) is 9.47 Å². The molecule has 6 atom stereocenters. The summed E-state index contributed by atoms with van der Waals surface area (Å²) in [6, 6.07) is 0. The molecule has 12 heavy (non-hydrogen) atoms. The molecule has 5 nitrogen and oxygen atoms in total. The smallest absolute Gasteiger partial charge is 0.116 e. The van der Waals surface area contributed by atoms with Crippen molar-refractivity contribution in [3.8, 4) is 0 Å². The molecule has 0 bridgehead atoms. The molecule has 1 aliphatic carbocycles. The Morgan fingerprint density at radius 3 is 2.25 bits per heavy atom. The highest BCUT2D eigenvalue weighted by Crippen LogP contribution is 2.38. The van der Waals surface area contributed by atoms with Crippen LogP contribution in [0, 0.1) is 0 Å². The topological polar surface area (TPSA) is 82.5 Å². The molecule has 0 amide bonds. The summed E-state index contributed by atoms with van der Waals surface area (Å²) < 4.78 is 9.97. The van der Waals surface area contributed by atoms with E-state index >= 15 is 0 Å². The van der Waals surface area contributed by atoms with Crippen LogP contribution in [0.3, 0.4) is 0 Å². The highest BCUT2D eigenvalue weighted by Gasteiger charge is 2.60. The molecular formula is C7H12O5. The van der Waals surface area contributed by atoms with Crippen LogP contribution in [0.15, 0.2) is 0 Å². The Balaban J connectivity index is 2.11. The molecule has 1 saturated heterocycles. The maximum Gasteiger partial charge on any atom is 0.116 e. The van der Waals surface area contributed by atoms with E-state index in [1.807, 2.05) is 0 Å². The number of fused-ring (bicyclic) bond motifs is 1. The first kappa shape index (κ1) is 8.40. The predicted molar refractivity (Wildman–Crippen MR) is 37.5 cm³/mol. The van der Waals surface area contributed by atoms with Gasteiger partial charge in [-0.15, -0.1) is 0 Å². The number of hydrogen-bond donors (Lipinski definition) is 3. The van der Waals surface area contributed by atoms with Gasteiger partial charge in [-0.2, -0.15) is 0 Å². The normalized spacial score (nSPS) is 58.0. The number of methoxy groups -OCH3 is 1. The first-order chi connectivity index (χ1) is 5.66. The third-order valence-electron chi connectivity index (χ3n) is 2.53. The van der Waals surface area contributed by atoms with E-state index in [2.05, 4.69) is 0 Å². The Hall–Kier alpha value is -0.200. The first-order valence-corrected chi connectivity index (χ1v) is 3.89. The average molecular weight is 176 g/mol. The molecule has 0 spiro atoms. The second-order valence-electron chi connectivity index (χ2n) is 3.24. The lowest BCUT2D eigenvalue weighted by Gasteiger charge is -2.30. The van der Waals surface area contributed by atoms with Crippen LogP contribution in [0.25, 0.3) is 0 Å². The van der Waals surface area contributed by atoms with Gasteiger partial charge < -0.3 is 24.8 Å². The van der Waals surface area contributed by atoms with Crippen molar-refractivity contribution in [3.63, 3.8) is 0 Å². The van der Waals surface area contributed by atoms with Gasteiger partial charge in [0.1, 0.15) is 36.6 Å². The zero-order valence-corrected chi connectivity index (χ0v) is 6.62. The van der Waals surface area contributed by atoms with Crippen molar-refractivity contribution >= 4 is 0 Å². The Kier molecular flexibility index (Phi) is 1.85. The number of aliphatic hydroxyl groups is 3. The molecule has 0 radical (unpaired) electrons. The largest absolute Gasteiger partial charge is 0.387 e. The first-order valence-electron chi connectivity index (χ1n) is 3.89. The van der Waals surface area contributed by atoms with Crippen molar-refractivity contribution in [3.05, 3.63) is 0 Å². The minimum Gasteiger partial charge on any atom is -0.387 e. The lowest BCUT2D eigenvalue weighted by atomic mass is 9.90. The molecule has 0 aromatic carbocycles. The minimum atomic E-state index is -1.17. The summed E-state index contributed by atoms with van der Waals surface area (Å²) in [5.74, 6) is 0. The van der Waals surface area contributed by atoms with Crippen molar-refractivity contribution in [1.29, 1.82) is 0 Å². The fraction of sp³-hybridized carbons (Fsp3) is 1.00. The molecule has 5 heteroatoms. The lowest BCUT2D eigenvalue weighted by molar-refractivity contribution is -0.131. The van der Waals surface area contributed by atoms with Gasteiger partial charge in [-0.25, -0.2) is 0 Å². The molecule has 3 N–H and O–H groups in total. The number of ether oxygens (including phenoxy) is 2. The Labute approximate surface area is 69.5 Å². The molecule has 0 unspecified atom stereocenters. The van der Waals surface area contributed by atoms with Gasteiger partial charge in [-0.1, -0.05) is 0 Å². The molecule has 1 aliphatic heterocycles. The predicted octanol–water partition coefficient (Wildman–Crippen LogP) is -2.13. The van der Waals surface area contributed by atoms with Crippen LogP contribution >= 0.6 is 0 Å². The second kappa shape index (κ2) is 2.65. The van der Waals surface area contributed by atoms with Crippen molar-refractivity contribution in [2.45, 2.75) is 36.6 Å². The SMILES string of the molecule is CO[C@@H]1[C@@H](O)[C@@H](O)[C@H](O)[C@@H]2O[C@H]12. The zero-order valence-electron chi connectivity index (χ0n) is 6.62. The fourth-order valence-electron chi connectivity index (χ4n) is 1.73. The summed E-state index contributed by atoms with van der Waals surface area (Å²) in [6.45, 7) is 0. The van der Waals surface area contributed by atoms with Crippen LogP contribution in [0.2, 0.25) is 0 Å². The van der Waals surface area contributed by atoms with Crippen LogP contribution in [0.1, 0.15) is 0 Å². The molecule has 2 aliphatic rings. The zero-order chi connectivity index (χ0) is 8.88. The fourth-order valence-corrected chi connectivity index (χ4v) is 1.73. The van der Waals surface area contributed by atoms with Crippen LogP contribution in [-0.4, -0.2) is 59.1 Å². The summed E-state index contributed by atoms with van der Waals surface area (Å²) in [4.78, 5) is 0. The molecular weight excluding hydrogens is 164 g/mol. The van der Waals surface area contributed by atoms with Crippen molar-refractivity contribution < 1.29 is 24.8 Å². The second-order valence-corrected chi connectivity index (χ2v) is 3.24. The van der Waals surface area contributed by atoms with Gasteiger partial charge in [0.25, 0.3) is 0 Å². The third kappa shape index (κ3) is 0.982. The molecule has 2 rings (SSSR count). The molecule has 1 heterocycles. The molecule has 2 fully saturated rings. The van der Waals surface area contributed by atoms with E-state index < -0.39 is 24.4 Å². The molecule has 70 valence electrons. The highest BCUT2D eigenvalue weighted by atomic mass is 16.6. The van der Waals surface area contributed by atoms with E-state index in [-0.39, 0.29) is 12.2 Å². The summed E-state index contributed by atoms with van der Waals surface area (Å²) in [5.41, 5.74) is 0. The van der Waals surface area contributed by atoms with Gasteiger partial charge in [0.15, 0.2) is 0 Å². The van der Waals surface area contributed by atoms with Crippen molar-refractivity contribution in [2.24, 2.45) is 0 Å². The van der Waals surface area contributed by atoms with Crippen LogP contribution < -0.4 is 0 Å². The van der Waals surface area contributed by atoms with Gasteiger partial charge in [-0.05, 0) is 0 Å². The molecule has 1 saturated carbocycles. The van der Waals surface area contributed by atoms with Crippen LogP contribution in [0.5, 0.6) is 0 Å². The Morgan fingerprint density at radius 2 is 1.67 bits per heavy atom. The number of aliphatic hydroxyl groups excluding tert-OH is 3. The Morgan fingerprint density at radius 1 is 1.00 bits per heavy atom. The van der Waals surface area contributed by atoms with E-state index in [0.717, 1.165) is 0 Å². The Bertz CT molecular complexity index is 185. The number of epoxide rings is 1. The van der Waals surface area contributed by atoms with Crippen LogP contribution in [0.4, 0.5) is 0 Å². The van der Waals surface area contributed by atoms with E-state index in [9.17, 15) is 15.3 Å². The van der Waals surface area contributed by atoms with Gasteiger partial charge in [0.05, 0.1) is 0 Å². The third-order valence-corrected chi connectivity index (χ3v) is 2.53. The summed E-state index contributed by atoms with van der Waals surface area (Å²) in [7, 11) is 1.44. The quantitative estimate of drug-likeness (QED) is 0.397. The van der Waals surface area contributed by atoms with Gasteiger partial charge >= 0.3 is 0 Å². The van der Waals surface area contributed by atoms with Gasteiger partial charge in [0.2, 0.25) is 0 Å². The number of rotatable bonds is 1. The maximum atomic E-state index is 9.39. The molecule has 0 aromatic heterocycles. The summed E-state index contributed by atoms with van der Waals surface area (Å²) in [6.07, 6.45) is -4.37.